The second-order valence-corrected chi connectivity index (χ2v) is 7.21. The summed E-state index contributed by atoms with van der Waals surface area (Å²) >= 11 is 11.3. The molecule has 8 heteroatoms. The van der Waals surface area contributed by atoms with Crippen molar-refractivity contribution in [2.75, 3.05) is 6.61 Å². The first-order valence-electron chi connectivity index (χ1n) is 5.81. The van der Waals surface area contributed by atoms with Gasteiger partial charge in [-0.1, -0.05) is 17.7 Å². The molecule has 0 aliphatic rings. The van der Waals surface area contributed by atoms with Crippen molar-refractivity contribution in [3.63, 3.8) is 0 Å². The Hall–Kier alpha value is -0.980. The van der Waals surface area contributed by atoms with E-state index in [2.05, 4.69) is 10.1 Å². The Bertz CT molecular complexity index is 557. The van der Waals surface area contributed by atoms with Crippen LogP contribution in [0.25, 0.3) is 0 Å². The van der Waals surface area contributed by atoms with Crippen LogP contribution in [-0.4, -0.2) is 31.3 Å². The summed E-state index contributed by atoms with van der Waals surface area (Å²) in [6.07, 6.45) is -0.889. The molecule has 0 saturated carbocycles. The highest BCUT2D eigenvalue weighted by Crippen LogP contribution is 2.22. The fourth-order valence-corrected chi connectivity index (χ4v) is 3.71. The molecule has 1 atom stereocenters. The molecule has 0 aliphatic carbocycles. The number of aryl methyl sites for hydroxylation is 1. The van der Waals surface area contributed by atoms with E-state index in [9.17, 15) is 13.2 Å². The number of carbonyl (C=O) groups excluding carboxylic acids is 1. The number of alkyl carbamates (subject to hydrolysis) is 1. The van der Waals surface area contributed by atoms with Gasteiger partial charge in [0, 0.05) is 0 Å². The van der Waals surface area contributed by atoms with E-state index in [1.807, 2.05) is 6.92 Å². The minimum Gasteiger partial charge on any atom is -0.450 e. The number of carbonyl (C=O) groups is 1. The summed E-state index contributed by atoms with van der Waals surface area (Å²) < 4.78 is 29.4. The second kappa shape index (κ2) is 7.15. The van der Waals surface area contributed by atoms with Crippen molar-refractivity contribution in [3.8, 4) is 0 Å². The first-order chi connectivity index (χ1) is 9.28. The third-order valence-corrected chi connectivity index (χ3v) is 5.24. The zero-order valence-corrected chi connectivity index (χ0v) is 13.3. The topological polar surface area (TPSA) is 72.5 Å². The average Bonchev–Trinajstić information content (AvgIpc) is 2.36. The maximum Gasteiger partial charge on any atom is 0.408 e. The zero-order chi connectivity index (χ0) is 15.3. The summed E-state index contributed by atoms with van der Waals surface area (Å²) in [6, 6.07) is 6.15. The number of sulfone groups is 1. The Morgan fingerprint density at radius 2 is 1.85 bits per heavy atom. The predicted molar refractivity (Wildman–Crippen MR) is 77.8 cm³/mol. The summed E-state index contributed by atoms with van der Waals surface area (Å²) in [6.45, 7) is 3.54. The van der Waals surface area contributed by atoms with Gasteiger partial charge in [-0.05, 0) is 26.0 Å². The van der Waals surface area contributed by atoms with E-state index in [4.69, 9.17) is 23.2 Å². The highest BCUT2D eigenvalue weighted by Gasteiger charge is 2.34. The number of rotatable bonds is 5. The van der Waals surface area contributed by atoms with Gasteiger partial charge >= 0.3 is 6.09 Å². The lowest BCUT2D eigenvalue weighted by Crippen LogP contribution is -2.45. The minimum atomic E-state index is -3.91. The number of benzene rings is 1. The first kappa shape index (κ1) is 17.1. The van der Waals surface area contributed by atoms with E-state index < -0.39 is 26.1 Å². The molecule has 1 amide bonds. The summed E-state index contributed by atoms with van der Waals surface area (Å²) in [5.41, 5.74) is 0.909. The number of halogens is 2. The highest BCUT2D eigenvalue weighted by atomic mass is 35.5. The molecule has 1 rings (SSSR count). The van der Waals surface area contributed by atoms with Crippen molar-refractivity contribution >= 4 is 39.1 Å². The molecule has 0 heterocycles. The van der Waals surface area contributed by atoms with Gasteiger partial charge in [0.1, 0.15) is 4.84 Å². The maximum atomic E-state index is 12.4. The quantitative estimate of drug-likeness (QED) is 0.837. The number of nitrogens with one attached hydrogen (secondary N) is 1. The normalized spacial score (nSPS) is 13.1. The van der Waals surface area contributed by atoms with Gasteiger partial charge in [0.05, 0.1) is 11.5 Å². The van der Waals surface area contributed by atoms with Crippen molar-refractivity contribution in [1.82, 2.24) is 5.32 Å². The molecule has 0 spiro atoms. The smallest absolute Gasteiger partial charge is 0.408 e. The number of alkyl halides is 2. The molecule has 1 aromatic carbocycles. The molecule has 0 radical (unpaired) electrons. The molecule has 112 valence electrons. The highest BCUT2D eigenvalue weighted by molar-refractivity contribution is 7.92. The van der Waals surface area contributed by atoms with Crippen LogP contribution in [0.5, 0.6) is 0 Å². The van der Waals surface area contributed by atoms with Crippen LogP contribution in [0.4, 0.5) is 4.79 Å². The Balaban J connectivity index is 3.06. The van der Waals surface area contributed by atoms with Crippen LogP contribution in [0.2, 0.25) is 0 Å². The molecule has 1 unspecified atom stereocenters. The van der Waals surface area contributed by atoms with E-state index in [1.54, 1.807) is 19.1 Å². The van der Waals surface area contributed by atoms with E-state index in [-0.39, 0.29) is 11.5 Å². The fourth-order valence-electron chi connectivity index (χ4n) is 1.44. The van der Waals surface area contributed by atoms with Crippen LogP contribution in [0.3, 0.4) is 0 Å². The van der Waals surface area contributed by atoms with Crippen molar-refractivity contribution in [2.45, 2.75) is 29.0 Å². The van der Waals surface area contributed by atoms with Gasteiger partial charge < -0.3 is 10.1 Å². The van der Waals surface area contributed by atoms with Crippen molar-refractivity contribution in [2.24, 2.45) is 0 Å². The lowest BCUT2D eigenvalue weighted by atomic mass is 10.2. The van der Waals surface area contributed by atoms with E-state index in [1.165, 1.54) is 12.1 Å². The van der Waals surface area contributed by atoms with Crippen LogP contribution in [0, 0.1) is 6.92 Å². The summed E-state index contributed by atoms with van der Waals surface area (Å²) in [7, 11) is -3.91. The number of amides is 1. The Morgan fingerprint density at radius 1 is 1.30 bits per heavy atom. The third kappa shape index (κ3) is 4.26. The Morgan fingerprint density at radius 3 is 2.30 bits per heavy atom. The monoisotopic (exact) mass is 339 g/mol. The molecular weight excluding hydrogens is 325 g/mol. The number of hydrogen-bond donors (Lipinski definition) is 1. The first-order valence-corrected chi connectivity index (χ1v) is 8.23. The standard InChI is InChI=1S/C12H15Cl2NO4S/c1-3-19-12(16)15-11(10(13)14)20(17,18)9-6-4-8(2)5-7-9/h4-7,10-11H,3H2,1-2H3,(H,15,16). The minimum absolute atomic E-state index is 0.0243. The van der Waals surface area contributed by atoms with Crippen LogP contribution in [0.15, 0.2) is 29.2 Å². The molecule has 0 aliphatic heterocycles. The molecule has 20 heavy (non-hydrogen) atoms. The van der Waals surface area contributed by atoms with Crippen LogP contribution in [0.1, 0.15) is 12.5 Å². The third-order valence-electron chi connectivity index (χ3n) is 2.45. The van der Waals surface area contributed by atoms with Gasteiger partial charge in [0.15, 0.2) is 5.37 Å². The fraction of sp³-hybridized carbons (Fsp3) is 0.417. The van der Waals surface area contributed by atoms with Crippen molar-refractivity contribution in [3.05, 3.63) is 29.8 Å². The lowest BCUT2D eigenvalue weighted by molar-refractivity contribution is 0.151. The van der Waals surface area contributed by atoms with Crippen LogP contribution < -0.4 is 5.32 Å². The van der Waals surface area contributed by atoms with Gasteiger partial charge in [-0.2, -0.15) is 0 Å². The molecule has 0 fully saturated rings. The molecular formula is C12H15Cl2NO4S. The molecule has 5 nitrogen and oxygen atoms in total. The average molecular weight is 340 g/mol. The molecule has 0 saturated heterocycles. The van der Waals surface area contributed by atoms with Crippen molar-refractivity contribution in [1.29, 1.82) is 0 Å². The molecule has 0 bridgehead atoms. The predicted octanol–water partition coefficient (Wildman–Crippen LogP) is 2.64. The SMILES string of the molecule is CCOC(=O)NC(C(Cl)Cl)S(=O)(=O)c1ccc(C)cc1. The van der Waals surface area contributed by atoms with Crippen LogP contribution >= 0.6 is 23.2 Å². The van der Waals surface area contributed by atoms with Crippen molar-refractivity contribution < 1.29 is 17.9 Å². The van der Waals surface area contributed by atoms with Gasteiger partial charge in [-0.3, -0.25) is 0 Å². The summed E-state index contributed by atoms with van der Waals surface area (Å²) in [4.78, 5) is 10.1. The van der Waals surface area contributed by atoms with Gasteiger partial charge in [0.2, 0.25) is 9.84 Å². The summed E-state index contributed by atoms with van der Waals surface area (Å²) in [5, 5.41) is 0.679. The zero-order valence-electron chi connectivity index (χ0n) is 11.0. The lowest BCUT2D eigenvalue weighted by Gasteiger charge is -2.19. The Labute approximate surface area is 128 Å². The second-order valence-electron chi connectivity index (χ2n) is 3.98. The number of ether oxygens (including phenoxy) is 1. The van der Waals surface area contributed by atoms with Gasteiger partial charge in [0.25, 0.3) is 0 Å². The Kier molecular flexibility index (Phi) is 6.10. The van der Waals surface area contributed by atoms with E-state index in [0.717, 1.165) is 5.56 Å². The number of hydrogen-bond acceptors (Lipinski definition) is 4. The largest absolute Gasteiger partial charge is 0.450 e. The molecule has 0 aromatic heterocycles. The van der Waals surface area contributed by atoms with E-state index >= 15 is 0 Å². The van der Waals surface area contributed by atoms with E-state index in [0.29, 0.717) is 0 Å². The van der Waals surface area contributed by atoms with Gasteiger partial charge in [-0.25, -0.2) is 13.2 Å². The van der Waals surface area contributed by atoms with Crippen LogP contribution in [-0.2, 0) is 14.6 Å². The summed E-state index contributed by atoms with van der Waals surface area (Å²) in [5.74, 6) is 0. The molecule has 1 aromatic rings. The van der Waals surface area contributed by atoms with Gasteiger partial charge in [-0.15, -0.1) is 23.2 Å². The maximum absolute atomic E-state index is 12.4. The molecule has 1 N–H and O–H groups in total.